The maximum atomic E-state index is 13.1. The van der Waals surface area contributed by atoms with Gasteiger partial charge in [0, 0.05) is 19.6 Å². The Morgan fingerprint density at radius 3 is 1.73 bits per heavy atom. The summed E-state index contributed by atoms with van der Waals surface area (Å²) in [7, 11) is 0. The van der Waals surface area contributed by atoms with Gasteiger partial charge in [-0.05, 0) is 74.3 Å². The van der Waals surface area contributed by atoms with Gasteiger partial charge < -0.3 is 11.1 Å². The zero-order valence-corrected chi connectivity index (χ0v) is 15.3. The molecule has 0 radical (unpaired) electrons. The van der Waals surface area contributed by atoms with Crippen LogP contribution >= 0.6 is 0 Å². The van der Waals surface area contributed by atoms with Crippen LogP contribution in [-0.4, -0.2) is 31.1 Å². The summed E-state index contributed by atoms with van der Waals surface area (Å²) in [6, 6.07) is 13.2. The molecule has 3 N–H and O–H groups in total. The van der Waals surface area contributed by atoms with Crippen molar-refractivity contribution in [2.24, 2.45) is 5.73 Å². The Morgan fingerprint density at radius 2 is 1.23 bits per heavy atom. The van der Waals surface area contributed by atoms with Gasteiger partial charge in [-0.3, -0.25) is 4.90 Å². The van der Waals surface area contributed by atoms with Crippen molar-refractivity contribution in [1.29, 1.82) is 0 Å². The second kappa shape index (κ2) is 11.7. The molecule has 0 amide bonds. The normalized spacial score (nSPS) is 11.2. The lowest BCUT2D eigenvalue weighted by molar-refractivity contribution is 0.252. The minimum atomic E-state index is -0.222. The molecule has 0 aliphatic heterocycles. The van der Waals surface area contributed by atoms with E-state index in [2.05, 4.69) is 10.2 Å². The number of hydrogen-bond acceptors (Lipinski definition) is 3. The van der Waals surface area contributed by atoms with Gasteiger partial charge in [0.05, 0.1) is 0 Å². The van der Waals surface area contributed by atoms with E-state index in [0.29, 0.717) is 0 Å². The molecule has 0 aliphatic carbocycles. The summed E-state index contributed by atoms with van der Waals surface area (Å²) in [5, 5.41) is 3.44. The molecule has 0 spiro atoms. The molecular formula is C21H29F2N3. The number of nitrogens with one attached hydrogen (secondary N) is 1. The Labute approximate surface area is 155 Å². The summed E-state index contributed by atoms with van der Waals surface area (Å²) in [6.45, 7) is 5.08. The molecule has 0 fully saturated rings. The Hall–Kier alpha value is -1.82. The van der Waals surface area contributed by atoms with E-state index < -0.39 is 0 Å². The molecule has 2 aromatic rings. The van der Waals surface area contributed by atoms with Crippen LogP contribution in [0.1, 0.15) is 30.4 Å². The number of halogens is 2. The average Bonchev–Trinajstić information content (AvgIpc) is 2.64. The number of unbranched alkanes of at least 4 members (excludes halogenated alkanes) is 1. The maximum absolute atomic E-state index is 13.1. The highest BCUT2D eigenvalue weighted by Gasteiger charge is 2.08. The predicted molar refractivity (Wildman–Crippen MR) is 103 cm³/mol. The van der Waals surface area contributed by atoms with Gasteiger partial charge >= 0.3 is 0 Å². The number of benzene rings is 2. The third-order valence-electron chi connectivity index (χ3n) is 4.27. The third-order valence-corrected chi connectivity index (χ3v) is 4.27. The van der Waals surface area contributed by atoms with Gasteiger partial charge in [0.15, 0.2) is 0 Å². The molecule has 5 heteroatoms. The molecule has 2 aromatic carbocycles. The predicted octanol–water partition coefficient (Wildman–Crippen LogP) is 3.69. The smallest absolute Gasteiger partial charge is 0.123 e. The SMILES string of the molecule is NCCCCNCCCN(Cc1ccc(F)cc1)Cc1ccc(F)cc1. The fraction of sp³-hybridized carbons (Fsp3) is 0.429. The van der Waals surface area contributed by atoms with Crippen molar-refractivity contribution in [3.8, 4) is 0 Å². The van der Waals surface area contributed by atoms with Crippen LogP contribution in [0.15, 0.2) is 48.5 Å². The second-order valence-electron chi connectivity index (χ2n) is 6.56. The molecule has 142 valence electrons. The monoisotopic (exact) mass is 361 g/mol. The van der Waals surface area contributed by atoms with Crippen molar-refractivity contribution in [3.63, 3.8) is 0 Å². The lowest BCUT2D eigenvalue weighted by Gasteiger charge is -2.23. The lowest BCUT2D eigenvalue weighted by Crippen LogP contribution is -2.27. The van der Waals surface area contributed by atoms with Crippen molar-refractivity contribution in [3.05, 3.63) is 71.3 Å². The molecule has 0 saturated carbocycles. The zero-order valence-electron chi connectivity index (χ0n) is 15.3. The van der Waals surface area contributed by atoms with Crippen molar-refractivity contribution in [2.75, 3.05) is 26.2 Å². The van der Waals surface area contributed by atoms with Gasteiger partial charge in [0.1, 0.15) is 11.6 Å². The number of nitrogens with zero attached hydrogens (tertiary/aromatic N) is 1. The molecule has 3 nitrogen and oxygen atoms in total. The Bertz CT molecular complexity index is 567. The highest BCUT2D eigenvalue weighted by atomic mass is 19.1. The van der Waals surface area contributed by atoms with Gasteiger partial charge in [0.25, 0.3) is 0 Å². The first-order chi connectivity index (χ1) is 12.7. The second-order valence-corrected chi connectivity index (χ2v) is 6.56. The fourth-order valence-corrected chi connectivity index (χ4v) is 2.86. The molecule has 0 heterocycles. The van der Waals surface area contributed by atoms with Crippen LogP contribution in [0.4, 0.5) is 8.78 Å². The number of rotatable bonds is 12. The zero-order chi connectivity index (χ0) is 18.6. The summed E-state index contributed by atoms with van der Waals surface area (Å²) in [5.74, 6) is -0.443. The molecular weight excluding hydrogens is 332 g/mol. The molecule has 0 atom stereocenters. The van der Waals surface area contributed by atoms with Crippen LogP contribution in [0.25, 0.3) is 0 Å². The Kier molecular flexibility index (Phi) is 9.24. The molecule has 0 unspecified atom stereocenters. The maximum Gasteiger partial charge on any atom is 0.123 e. The quantitative estimate of drug-likeness (QED) is 0.567. The van der Waals surface area contributed by atoms with E-state index in [0.717, 1.165) is 69.7 Å². The van der Waals surface area contributed by atoms with Crippen LogP contribution in [0, 0.1) is 11.6 Å². The summed E-state index contributed by atoms with van der Waals surface area (Å²) in [5.41, 5.74) is 7.64. The summed E-state index contributed by atoms with van der Waals surface area (Å²) < 4.78 is 26.2. The van der Waals surface area contributed by atoms with Gasteiger partial charge in [0.2, 0.25) is 0 Å². The van der Waals surface area contributed by atoms with Crippen molar-refractivity contribution < 1.29 is 8.78 Å². The van der Waals surface area contributed by atoms with Crippen LogP contribution in [0.5, 0.6) is 0 Å². The summed E-state index contributed by atoms with van der Waals surface area (Å²) in [4.78, 5) is 2.31. The van der Waals surface area contributed by atoms with Crippen LogP contribution in [-0.2, 0) is 13.1 Å². The van der Waals surface area contributed by atoms with E-state index in [1.807, 2.05) is 24.3 Å². The first-order valence-corrected chi connectivity index (χ1v) is 9.29. The van der Waals surface area contributed by atoms with E-state index in [4.69, 9.17) is 5.73 Å². The Morgan fingerprint density at radius 1 is 0.731 bits per heavy atom. The van der Waals surface area contributed by atoms with E-state index in [1.165, 1.54) is 24.3 Å². The van der Waals surface area contributed by atoms with Crippen molar-refractivity contribution >= 4 is 0 Å². The molecule has 0 saturated heterocycles. The molecule has 2 rings (SSSR count). The minimum absolute atomic E-state index is 0.222. The van der Waals surface area contributed by atoms with Crippen molar-refractivity contribution in [2.45, 2.75) is 32.4 Å². The molecule has 26 heavy (non-hydrogen) atoms. The van der Waals surface area contributed by atoms with E-state index in [-0.39, 0.29) is 11.6 Å². The van der Waals surface area contributed by atoms with Gasteiger partial charge in [-0.15, -0.1) is 0 Å². The van der Waals surface area contributed by atoms with Crippen LogP contribution < -0.4 is 11.1 Å². The van der Waals surface area contributed by atoms with Gasteiger partial charge in [-0.25, -0.2) is 8.78 Å². The topological polar surface area (TPSA) is 41.3 Å². The average molecular weight is 361 g/mol. The summed E-state index contributed by atoms with van der Waals surface area (Å²) in [6.07, 6.45) is 3.17. The van der Waals surface area contributed by atoms with E-state index in [1.54, 1.807) is 0 Å². The fourth-order valence-electron chi connectivity index (χ4n) is 2.86. The third kappa shape index (κ3) is 8.04. The molecule has 0 aliphatic rings. The lowest BCUT2D eigenvalue weighted by atomic mass is 10.1. The molecule has 0 bridgehead atoms. The van der Waals surface area contributed by atoms with Crippen LogP contribution in [0.2, 0.25) is 0 Å². The number of hydrogen-bond donors (Lipinski definition) is 2. The van der Waals surface area contributed by atoms with E-state index in [9.17, 15) is 8.78 Å². The first kappa shape index (κ1) is 20.5. The first-order valence-electron chi connectivity index (χ1n) is 9.29. The van der Waals surface area contributed by atoms with E-state index >= 15 is 0 Å². The Balaban J connectivity index is 1.85. The highest BCUT2D eigenvalue weighted by molar-refractivity contribution is 5.18. The minimum Gasteiger partial charge on any atom is -0.330 e. The highest BCUT2D eigenvalue weighted by Crippen LogP contribution is 2.12. The summed E-state index contributed by atoms with van der Waals surface area (Å²) >= 11 is 0. The van der Waals surface area contributed by atoms with Gasteiger partial charge in [-0.1, -0.05) is 24.3 Å². The molecule has 0 aromatic heterocycles. The van der Waals surface area contributed by atoms with Gasteiger partial charge in [-0.2, -0.15) is 0 Å². The number of nitrogens with two attached hydrogens (primary N) is 1. The standard InChI is InChI=1S/C21H29F2N3/c22-20-8-4-18(5-9-20)16-26(15-3-14-25-13-2-1-12-24)17-19-6-10-21(23)11-7-19/h4-11,25H,1-3,12-17,24H2. The van der Waals surface area contributed by atoms with Crippen LogP contribution in [0.3, 0.4) is 0 Å². The largest absolute Gasteiger partial charge is 0.330 e. The van der Waals surface area contributed by atoms with Crippen molar-refractivity contribution in [1.82, 2.24) is 10.2 Å².